The van der Waals surface area contributed by atoms with Gasteiger partial charge < -0.3 is 15.5 Å². The van der Waals surface area contributed by atoms with Crippen molar-refractivity contribution in [2.24, 2.45) is 0 Å². The Kier molecular flexibility index (Phi) is 8.75. The lowest BCUT2D eigenvalue weighted by Crippen LogP contribution is -2.49. The third-order valence-corrected chi connectivity index (χ3v) is 4.22. The molecular formula is C19H27N3O6. The van der Waals surface area contributed by atoms with Crippen LogP contribution < -0.4 is 5.32 Å². The number of likely N-dealkylation sites (N-methyl/N-ethyl adjacent to an activating group) is 1. The van der Waals surface area contributed by atoms with Crippen LogP contribution in [0.1, 0.15) is 25.8 Å². The number of carboxylic acids is 1. The van der Waals surface area contributed by atoms with E-state index in [-0.39, 0.29) is 24.1 Å². The van der Waals surface area contributed by atoms with Gasteiger partial charge in [0.25, 0.3) is 0 Å². The van der Waals surface area contributed by atoms with Crippen molar-refractivity contribution in [1.29, 1.82) is 0 Å². The number of imide groups is 1. The van der Waals surface area contributed by atoms with Crippen LogP contribution in [0, 0.1) is 0 Å². The molecule has 3 amide bonds. The number of carbonyl (C=O) groups is 4. The SMILES string of the molecule is C[C@@H](O)C(=O)O.C[C@H](C(=O)NCc1ccccc1)N1C(=O)CC(N(C)C)C1=O. The Bertz CT molecular complexity index is 705. The van der Waals surface area contributed by atoms with Gasteiger partial charge in [0.05, 0.1) is 12.5 Å². The van der Waals surface area contributed by atoms with Crippen LogP contribution in [0.2, 0.25) is 0 Å². The molecular weight excluding hydrogens is 366 g/mol. The van der Waals surface area contributed by atoms with Gasteiger partial charge in [-0.2, -0.15) is 0 Å². The van der Waals surface area contributed by atoms with Crippen molar-refractivity contribution in [3.63, 3.8) is 0 Å². The Morgan fingerprint density at radius 3 is 2.18 bits per heavy atom. The number of carboxylic acid groups (broad SMARTS) is 1. The quantitative estimate of drug-likeness (QED) is 0.573. The van der Waals surface area contributed by atoms with E-state index in [9.17, 15) is 19.2 Å². The van der Waals surface area contributed by atoms with E-state index in [4.69, 9.17) is 10.2 Å². The second-order valence-corrected chi connectivity index (χ2v) is 6.68. The molecule has 2 rings (SSSR count). The van der Waals surface area contributed by atoms with Gasteiger partial charge in [-0.25, -0.2) is 4.79 Å². The highest BCUT2D eigenvalue weighted by molar-refractivity contribution is 6.08. The van der Waals surface area contributed by atoms with Gasteiger partial charge in [0, 0.05) is 6.54 Å². The standard InChI is InChI=1S/C16H21N3O3.C3H6O3/c1-11(15(21)17-10-12-7-5-4-6-8-12)19-14(20)9-13(16(19)22)18(2)3;1-2(4)3(5)6/h4-8,11,13H,9-10H2,1-3H3,(H,17,21);2,4H,1H3,(H,5,6)/t11-,13?;2-/m11/s1. The molecule has 1 aromatic carbocycles. The zero-order valence-corrected chi connectivity index (χ0v) is 16.5. The second kappa shape index (κ2) is 10.5. The van der Waals surface area contributed by atoms with Crippen LogP contribution in [0.5, 0.6) is 0 Å². The van der Waals surface area contributed by atoms with E-state index in [2.05, 4.69) is 5.32 Å². The fraction of sp³-hybridized carbons (Fsp3) is 0.474. The lowest BCUT2D eigenvalue weighted by atomic mass is 10.2. The lowest BCUT2D eigenvalue weighted by molar-refractivity contribution is -0.147. The Morgan fingerprint density at radius 1 is 1.21 bits per heavy atom. The molecule has 1 aliphatic rings. The minimum atomic E-state index is -1.23. The first-order chi connectivity index (χ1) is 13.1. The van der Waals surface area contributed by atoms with Crippen molar-refractivity contribution in [1.82, 2.24) is 15.1 Å². The molecule has 0 radical (unpaired) electrons. The zero-order chi connectivity index (χ0) is 21.4. The molecule has 3 N–H and O–H groups in total. The number of nitrogens with zero attached hydrogens (tertiary/aromatic N) is 2. The highest BCUT2D eigenvalue weighted by Gasteiger charge is 2.43. The number of aliphatic hydroxyl groups excluding tert-OH is 1. The fourth-order valence-corrected chi connectivity index (χ4v) is 2.49. The van der Waals surface area contributed by atoms with Crippen molar-refractivity contribution >= 4 is 23.7 Å². The van der Waals surface area contributed by atoms with E-state index < -0.39 is 24.2 Å². The molecule has 9 nitrogen and oxygen atoms in total. The van der Waals surface area contributed by atoms with Crippen LogP contribution >= 0.6 is 0 Å². The summed E-state index contributed by atoms with van der Waals surface area (Å²) in [5.74, 6) is -2.12. The molecule has 0 saturated carbocycles. The summed E-state index contributed by atoms with van der Waals surface area (Å²) in [7, 11) is 3.50. The monoisotopic (exact) mass is 393 g/mol. The van der Waals surface area contributed by atoms with Crippen molar-refractivity contribution < 1.29 is 29.4 Å². The minimum Gasteiger partial charge on any atom is -0.479 e. The summed E-state index contributed by atoms with van der Waals surface area (Å²) in [6.07, 6.45) is -1.10. The van der Waals surface area contributed by atoms with Crippen LogP contribution in [0.25, 0.3) is 0 Å². The molecule has 154 valence electrons. The van der Waals surface area contributed by atoms with Crippen LogP contribution in [0.3, 0.4) is 0 Å². The van der Waals surface area contributed by atoms with Gasteiger partial charge in [-0.3, -0.25) is 24.2 Å². The van der Waals surface area contributed by atoms with Crippen LogP contribution in [0.4, 0.5) is 0 Å². The fourth-order valence-electron chi connectivity index (χ4n) is 2.49. The smallest absolute Gasteiger partial charge is 0.332 e. The molecule has 0 bridgehead atoms. The first-order valence-corrected chi connectivity index (χ1v) is 8.81. The minimum absolute atomic E-state index is 0.127. The van der Waals surface area contributed by atoms with Crippen LogP contribution in [0.15, 0.2) is 30.3 Å². The van der Waals surface area contributed by atoms with Gasteiger partial charge >= 0.3 is 5.97 Å². The summed E-state index contributed by atoms with van der Waals surface area (Å²) < 4.78 is 0. The molecule has 1 unspecified atom stereocenters. The summed E-state index contributed by atoms with van der Waals surface area (Å²) >= 11 is 0. The number of benzene rings is 1. The van der Waals surface area contributed by atoms with Gasteiger partial charge in [0.2, 0.25) is 17.7 Å². The number of nitrogens with one attached hydrogen (secondary N) is 1. The number of hydrogen-bond acceptors (Lipinski definition) is 6. The van der Waals surface area contributed by atoms with E-state index in [0.717, 1.165) is 10.5 Å². The first kappa shape index (κ1) is 23.3. The topological polar surface area (TPSA) is 127 Å². The molecule has 0 aliphatic carbocycles. The average Bonchev–Trinajstić information content (AvgIpc) is 2.95. The van der Waals surface area contributed by atoms with E-state index in [1.165, 1.54) is 6.92 Å². The third kappa shape index (κ3) is 6.43. The Balaban J connectivity index is 0.000000568. The number of aliphatic hydroxyl groups is 1. The number of likely N-dealkylation sites (tertiary alicyclic amines) is 1. The summed E-state index contributed by atoms with van der Waals surface area (Å²) in [5, 5.41) is 18.5. The highest BCUT2D eigenvalue weighted by Crippen LogP contribution is 2.19. The molecule has 1 aromatic rings. The Morgan fingerprint density at radius 2 is 1.75 bits per heavy atom. The van der Waals surface area contributed by atoms with Crippen LogP contribution in [-0.4, -0.2) is 76.0 Å². The number of hydrogen-bond donors (Lipinski definition) is 3. The molecule has 1 fully saturated rings. The van der Waals surface area contributed by atoms with Gasteiger partial charge in [-0.05, 0) is 33.5 Å². The normalized spacial score (nSPS) is 18.4. The van der Waals surface area contributed by atoms with Gasteiger partial charge in [-0.15, -0.1) is 0 Å². The number of carbonyl (C=O) groups excluding carboxylic acids is 3. The van der Waals surface area contributed by atoms with Crippen molar-refractivity contribution in [3.8, 4) is 0 Å². The zero-order valence-electron chi connectivity index (χ0n) is 16.5. The summed E-state index contributed by atoms with van der Waals surface area (Å²) in [6.45, 7) is 3.15. The molecule has 3 atom stereocenters. The van der Waals surface area contributed by atoms with Crippen LogP contribution in [-0.2, 0) is 25.7 Å². The van der Waals surface area contributed by atoms with Gasteiger partial charge in [0.15, 0.2) is 0 Å². The Labute approximate surface area is 163 Å². The molecule has 1 heterocycles. The molecule has 1 saturated heterocycles. The molecule has 28 heavy (non-hydrogen) atoms. The largest absolute Gasteiger partial charge is 0.479 e. The van der Waals surface area contributed by atoms with Crippen molar-refractivity contribution in [2.45, 2.75) is 45.0 Å². The molecule has 1 aliphatic heterocycles. The highest BCUT2D eigenvalue weighted by atomic mass is 16.4. The Hall–Kier alpha value is -2.78. The van der Waals surface area contributed by atoms with E-state index in [1.807, 2.05) is 30.3 Å². The van der Waals surface area contributed by atoms with Crippen molar-refractivity contribution in [2.75, 3.05) is 14.1 Å². The number of rotatable bonds is 6. The van der Waals surface area contributed by atoms with Gasteiger partial charge in [0.1, 0.15) is 12.1 Å². The summed E-state index contributed by atoms with van der Waals surface area (Å²) in [5.41, 5.74) is 0.966. The van der Waals surface area contributed by atoms with E-state index in [1.54, 1.807) is 25.9 Å². The second-order valence-electron chi connectivity index (χ2n) is 6.68. The summed E-state index contributed by atoms with van der Waals surface area (Å²) in [4.78, 5) is 48.7. The molecule has 0 aromatic heterocycles. The first-order valence-electron chi connectivity index (χ1n) is 8.81. The van der Waals surface area contributed by atoms with E-state index >= 15 is 0 Å². The lowest BCUT2D eigenvalue weighted by Gasteiger charge is -2.23. The number of aliphatic carboxylic acids is 1. The summed E-state index contributed by atoms with van der Waals surface area (Å²) in [6, 6.07) is 8.21. The maximum absolute atomic E-state index is 12.3. The average molecular weight is 393 g/mol. The third-order valence-electron chi connectivity index (χ3n) is 4.22. The number of amides is 3. The van der Waals surface area contributed by atoms with Gasteiger partial charge in [-0.1, -0.05) is 30.3 Å². The van der Waals surface area contributed by atoms with Crippen molar-refractivity contribution in [3.05, 3.63) is 35.9 Å². The van der Waals surface area contributed by atoms with E-state index in [0.29, 0.717) is 6.54 Å². The predicted molar refractivity (Wildman–Crippen MR) is 101 cm³/mol. The predicted octanol–water partition coefficient (Wildman–Crippen LogP) is -0.168. The molecule has 0 spiro atoms. The maximum atomic E-state index is 12.3. The maximum Gasteiger partial charge on any atom is 0.332 e. The molecule has 9 heteroatoms.